The quantitative estimate of drug-likeness (QED) is 0.297. The largest absolute Gasteiger partial charge is 0.756 e. The minimum Gasteiger partial charge on any atom is -0.756 e. The van der Waals surface area contributed by atoms with E-state index in [0.717, 1.165) is 4.57 Å². The normalized spacial score (nSPS) is 33.4. The number of carbonyl (C=O) groups is 1. The molecule has 8 atom stereocenters. The van der Waals surface area contributed by atoms with Crippen LogP contribution in [-0.2, 0) is 36.8 Å². The Morgan fingerprint density at radius 2 is 1.88 bits per heavy atom. The highest BCUT2D eigenvalue weighted by molar-refractivity contribution is 7.59. The smallest absolute Gasteiger partial charge is 0.330 e. The second-order valence-corrected chi connectivity index (χ2v) is 10.6. The molecule has 0 amide bonds. The number of rotatable bonds is 8. The first-order valence-electron chi connectivity index (χ1n) is 9.85. The Morgan fingerprint density at radius 3 is 2.56 bits per heavy atom. The van der Waals surface area contributed by atoms with Crippen molar-refractivity contribution in [2.24, 2.45) is 0 Å². The maximum absolute atomic E-state index is 12.0. The average molecular weight is 528 g/mol. The van der Waals surface area contributed by atoms with Gasteiger partial charge in [0.2, 0.25) is 0 Å². The van der Waals surface area contributed by atoms with Crippen LogP contribution in [0, 0.1) is 6.92 Å². The highest BCUT2D eigenvalue weighted by atomic mass is 31.3. The van der Waals surface area contributed by atoms with E-state index < -0.39 is 76.2 Å². The molecule has 2 aliphatic heterocycles. The fourth-order valence-electron chi connectivity index (χ4n) is 3.28. The Kier molecular flexibility index (Phi) is 8.12. The number of phosphoric acid groups is 2. The van der Waals surface area contributed by atoms with Gasteiger partial charge in [-0.3, -0.25) is 32.8 Å². The molecule has 18 heteroatoms. The van der Waals surface area contributed by atoms with Gasteiger partial charge in [-0.15, -0.1) is 0 Å². The van der Waals surface area contributed by atoms with Crippen LogP contribution in [0.3, 0.4) is 0 Å². The second kappa shape index (κ2) is 10.2. The fourth-order valence-corrected chi connectivity index (χ4v) is 5.35. The van der Waals surface area contributed by atoms with Crippen LogP contribution in [0.1, 0.15) is 31.6 Å². The lowest BCUT2D eigenvalue weighted by Gasteiger charge is -2.36. The van der Waals surface area contributed by atoms with E-state index in [4.69, 9.17) is 9.47 Å². The van der Waals surface area contributed by atoms with Gasteiger partial charge in [-0.25, -0.2) is 9.11 Å². The summed E-state index contributed by atoms with van der Waals surface area (Å²) in [4.78, 5) is 61.0. The zero-order valence-electron chi connectivity index (χ0n) is 17.8. The Hall–Kier alpha value is -1.55. The summed E-state index contributed by atoms with van der Waals surface area (Å²) in [7, 11) is -11.3. The average Bonchev–Trinajstić information content (AvgIpc) is 3.06. The predicted molar refractivity (Wildman–Crippen MR) is 104 cm³/mol. The number of aliphatic hydroxyl groups excluding tert-OH is 2. The summed E-state index contributed by atoms with van der Waals surface area (Å²) in [5, 5.41) is 19.8. The summed E-state index contributed by atoms with van der Waals surface area (Å²) in [5.74, 6) is -0.774. The number of hydrogen-bond acceptors (Lipinski definition) is 14. The molecule has 0 aliphatic carbocycles. The minimum atomic E-state index is -5.70. The highest BCUT2D eigenvalue weighted by Crippen LogP contribution is 2.56. The van der Waals surface area contributed by atoms with Gasteiger partial charge < -0.3 is 34.0 Å². The number of hydrogen-bond donors (Lipinski definition) is 3. The number of carbonyl (C=O) groups excluding carboxylic acids is 1. The van der Waals surface area contributed by atoms with Crippen LogP contribution in [-0.4, -0.2) is 62.9 Å². The summed E-state index contributed by atoms with van der Waals surface area (Å²) >= 11 is 0. The zero-order valence-corrected chi connectivity index (χ0v) is 19.6. The predicted octanol–water partition coefficient (Wildman–Crippen LogP) is -2.46. The van der Waals surface area contributed by atoms with Crippen molar-refractivity contribution in [3.8, 4) is 0 Å². The number of ketones is 1. The third-order valence-electron chi connectivity index (χ3n) is 4.93. The molecule has 2 unspecified atom stereocenters. The number of nitrogens with one attached hydrogen (secondary N) is 1. The molecule has 3 heterocycles. The van der Waals surface area contributed by atoms with E-state index in [0.29, 0.717) is 0 Å². The molecule has 1 aromatic heterocycles. The third kappa shape index (κ3) is 6.56. The molecule has 2 fully saturated rings. The van der Waals surface area contributed by atoms with Crippen molar-refractivity contribution < 1.29 is 56.8 Å². The summed E-state index contributed by atoms with van der Waals surface area (Å²) < 4.78 is 48.0. The minimum absolute atomic E-state index is 0.171. The topological polar surface area (TPSA) is 239 Å². The summed E-state index contributed by atoms with van der Waals surface area (Å²) in [6, 6.07) is 0. The van der Waals surface area contributed by atoms with Gasteiger partial charge >= 0.3 is 5.69 Å². The molecule has 0 spiro atoms. The van der Waals surface area contributed by atoms with Crippen molar-refractivity contribution in [3.63, 3.8) is 0 Å². The van der Waals surface area contributed by atoms with E-state index in [1.54, 1.807) is 0 Å². The number of nitrogens with zero attached hydrogens (tertiary/aromatic N) is 1. The Morgan fingerprint density at radius 1 is 1.21 bits per heavy atom. The Labute approximate surface area is 191 Å². The lowest BCUT2D eigenvalue weighted by atomic mass is 10.1. The molecule has 3 N–H and O–H groups in total. The molecule has 0 radical (unpaired) electrons. The summed E-state index contributed by atoms with van der Waals surface area (Å²) in [5.41, 5.74) is -1.25. The van der Waals surface area contributed by atoms with Crippen molar-refractivity contribution in [2.45, 2.75) is 63.6 Å². The molecule has 2 aliphatic rings. The van der Waals surface area contributed by atoms with E-state index in [-0.39, 0.29) is 18.4 Å². The summed E-state index contributed by atoms with van der Waals surface area (Å²) in [6.45, 7) is 1.94. The first kappa shape index (κ1) is 27.0. The van der Waals surface area contributed by atoms with Gasteiger partial charge in [0.05, 0.1) is 18.8 Å². The van der Waals surface area contributed by atoms with Crippen molar-refractivity contribution in [2.75, 3.05) is 6.61 Å². The van der Waals surface area contributed by atoms with Crippen molar-refractivity contribution in [1.82, 2.24) is 9.55 Å². The van der Waals surface area contributed by atoms with Gasteiger partial charge in [0.1, 0.15) is 12.3 Å². The molecule has 1 aromatic rings. The van der Waals surface area contributed by atoms with Gasteiger partial charge in [-0.05, 0) is 13.8 Å². The summed E-state index contributed by atoms with van der Waals surface area (Å²) in [6.07, 6.45) is -7.68. The molecular weight excluding hydrogens is 506 g/mol. The monoisotopic (exact) mass is 528 g/mol. The molecule has 34 heavy (non-hydrogen) atoms. The maximum Gasteiger partial charge on any atom is 0.330 e. The lowest BCUT2D eigenvalue weighted by Crippen LogP contribution is -2.46. The number of aliphatic hydroxyl groups is 2. The third-order valence-corrected chi connectivity index (χ3v) is 7.46. The van der Waals surface area contributed by atoms with Crippen LogP contribution in [0.5, 0.6) is 0 Å². The van der Waals surface area contributed by atoms with Crippen LogP contribution in [0.2, 0.25) is 0 Å². The SMILES string of the molecule is Cc1cn([C@H]2C[C@H](O)[C@@H](COP(=O)([O-])OP(=O)([O-])O[C@H]3O[C@H](C)CC(=O)[C@H]3O)O2)c(=O)[nH]c1=O. The van der Waals surface area contributed by atoms with Crippen LogP contribution in [0.25, 0.3) is 0 Å². The lowest BCUT2D eigenvalue weighted by molar-refractivity contribution is -0.268. The standard InChI is InChI=1S/C16H24N2O14P2/c1-7-5-18(16(23)17-14(7)22)12-4-9(19)11(30-12)6-28-33(24,25)32-34(26,27)31-15-13(21)10(20)3-8(2)29-15/h5,8-9,11-13,15,19,21H,3-4,6H2,1-2H3,(H,24,25)(H,26,27)(H,17,22,23)/p-2/t8-,9+,11-,12-,13-,15-/m1/s1. The van der Waals surface area contributed by atoms with Crippen LogP contribution >= 0.6 is 15.6 Å². The van der Waals surface area contributed by atoms with Crippen LogP contribution in [0.4, 0.5) is 0 Å². The van der Waals surface area contributed by atoms with Crippen molar-refractivity contribution in [1.29, 1.82) is 0 Å². The molecule has 0 bridgehead atoms. The number of Topliss-reactive ketones (excluding diaryl/α,β-unsaturated/α-hetero) is 1. The molecule has 3 rings (SSSR count). The van der Waals surface area contributed by atoms with E-state index in [2.05, 4.69) is 18.3 Å². The molecule has 192 valence electrons. The van der Waals surface area contributed by atoms with Crippen LogP contribution in [0.15, 0.2) is 15.8 Å². The van der Waals surface area contributed by atoms with Crippen molar-refractivity contribution in [3.05, 3.63) is 32.6 Å². The Balaban J connectivity index is 1.59. The van der Waals surface area contributed by atoms with Gasteiger partial charge in [-0.1, -0.05) is 0 Å². The van der Waals surface area contributed by atoms with Gasteiger partial charge in [-0.2, -0.15) is 0 Å². The van der Waals surface area contributed by atoms with E-state index in [1.807, 2.05) is 0 Å². The van der Waals surface area contributed by atoms with E-state index in [9.17, 15) is 43.5 Å². The second-order valence-electron chi connectivity index (χ2n) is 7.72. The molecule has 16 nitrogen and oxygen atoms in total. The number of aryl methyl sites for hydroxylation is 1. The zero-order chi connectivity index (χ0) is 25.4. The van der Waals surface area contributed by atoms with E-state index in [1.165, 1.54) is 20.0 Å². The molecule has 0 aromatic carbocycles. The maximum atomic E-state index is 12.0. The fraction of sp³-hybridized carbons (Fsp3) is 0.688. The number of ether oxygens (including phenoxy) is 2. The van der Waals surface area contributed by atoms with Gasteiger partial charge in [0.15, 0.2) is 18.2 Å². The first-order chi connectivity index (χ1) is 15.7. The highest BCUT2D eigenvalue weighted by Gasteiger charge is 2.40. The number of H-pyrrole nitrogens is 1. The van der Waals surface area contributed by atoms with E-state index >= 15 is 0 Å². The Bertz CT molecular complexity index is 1130. The molecule has 0 saturated carbocycles. The number of aromatic amines is 1. The van der Waals surface area contributed by atoms with Gasteiger partial charge in [0, 0.05) is 24.6 Å². The number of aromatic nitrogens is 2. The molecular formula is C16H22N2O14P2-2. The number of phosphoric ester groups is 2. The van der Waals surface area contributed by atoms with Crippen LogP contribution < -0.4 is 21.0 Å². The molecule has 2 saturated heterocycles. The van der Waals surface area contributed by atoms with Crippen molar-refractivity contribution >= 4 is 21.4 Å². The van der Waals surface area contributed by atoms with Gasteiger partial charge in [0.25, 0.3) is 21.2 Å². The first-order valence-corrected chi connectivity index (χ1v) is 12.8.